The molecule has 0 atom stereocenters. The van der Waals surface area contributed by atoms with Gasteiger partial charge in [-0.05, 0) is 31.2 Å². The number of nitriles is 1. The van der Waals surface area contributed by atoms with E-state index in [4.69, 9.17) is 15.2 Å². The number of anilines is 1. The predicted octanol–water partition coefficient (Wildman–Crippen LogP) is 2.83. The van der Waals surface area contributed by atoms with Crippen LogP contribution in [0.25, 0.3) is 5.69 Å². The molecule has 0 bridgehead atoms. The van der Waals surface area contributed by atoms with Gasteiger partial charge in [-0.15, -0.1) is 0 Å². The van der Waals surface area contributed by atoms with Gasteiger partial charge in [0.25, 0.3) is 0 Å². The summed E-state index contributed by atoms with van der Waals surface area (Å²) < 4.78 is 12.6. The smallest absolute Gasteiger partial charge is 0.126 e. The number of benzene rings is 1. The van der Waals surface area contributed by atoms with Crippen LogP contribution in [0.4, 0.5) is 5.82 Å². The van der Waals surface area contributed by atoms with Crippen molar-refractivity contribution in [3.8, 4) is 23.3 Å². The maximum absolute atomic E-state index is 9.44. The molecule has 1 aromatic carbocycles. The van der Waals surface area contributed by atoms with E-state index in [1.807, 2.05) is 22.8 Å². The fraction of sp³-hybridized carbons (Fsp3) is 0.353. The molecule has 0 saturated heterocycles. The normalized spacial score (nSPS) is 13.3. The van der Waals surface area contributed by atoms with Crippen LogP contribution in [0.15, 0.2) is 18.2 Å². The molecule has 1 aliphatic carbocycles. The Bertz CT molecular complexity index is 734. The Morgan fingerprint density at radius 1 is 1.09 bits per heavy atom. The monoisotopic (exact) mass is 297 g/mol. The van der Waals surface area contributed by atoms with E-state index in [-0.39, 0.29) is 0 Å². The number of aromatic nitrogens is 1. The number of ether oxygens (including phenoxy) is 2. The van der Waals surface area contributed by atoms with E-state index >= 15 is 0 Å². The lowest BCUT2D eigenvalue weighted by atomic mass is 9.95. The van der Waals surface area contributed by atoms with Gasteiger partial charge in [0, 0.05) is 23.9 Å². The second kappa shape index (κ2) is 5.64. The fourth-order valence-corrected chi connectivity index (χ4v) is 3.16. The van der Waals surface area contributed by atoms with Crippen molar-refractivity contribution in [3.05, 3.63) is 35.0 Å². The van der Waals surface area contributed by atoms with Crippen LogP contribution in [0.3, 0.4) is 0 Å². The van der Waals surface area contributed by atoms with Crippen LogP contribution >= 0.6 is 0 Å². The van der Waals surface area contributed by atoms with Crippen LogP contribution in [0.5, 0.6) is 11.5 Å². The third-order valence-electron chi connectivity index (χ3n) is 4.21. The topological polar surface area (TPSA) is 73.2 Å². The van der Waals surface area contributed by atoms with E-state index < -0.39 is 0 Å². The number of rotatable bonds is 3. The minimum atomic E-state index is 0.504. The number of fused-ring (bicyclic) bond motifs is 1. The molecule has 0 radical (unpaired) electrons. The first kappa shape index (κ1) is 14.3. The van der Waals surface area contributed by atoms with Crippen LogP contribution in [0, 0.1) is 11.3 Å². The summed E-state index contributed by atoms with van der Waals surface area (Å²) in [7, 11) is 3.24. The molecule has 0 amide bonds. The van der Waals surface area contributed by atoms with Crippen LogP contribution in [0.1, 0.15) is 29.7 Å². The molecule has 0 aliphatic heterocycles. The van der Waals surface area contributed by atoms with Gasteiger partial charge in [0.1, 0.15) is 23.4 Å². The number of nitrogens with zero attached hydrogens (tertiary/aromatic N) is 2. The average molecular weight is 297 g/mol. The van der Waals surface area contributed by atoms with Gasteiger partial charge in [-0.2, -0.15) is 5.26 Å². The van der Waals surface area contributed by atoms with Gasteiger partial charge in [-0.25, -0.2) is 0 Å². The van der Waals surface area contributed by atoms with Crippen molar-refractivity contribution in [1.29, 1.82) is 5.26 Å². The maximum atomic E-state index is 9.44. The predicted molar refractivity (Wildman–Crippen MR) is 84.6 cm³/mol. The Morgan fingerprint density at radius 2 is 1.73 bits per heavy atom. The molecule has 0 spiro atoms. The molecule has 0 unspecified atom stereocenters. The molecule has 2 aromatic rings. The first-order valence-corrected chi connectivity index (χ1v) is 7.35. The summed E-state index contributed by atoms with van der Waals surface area (Å²) in [4.78, 5) is 0. The molecule has 1 aliphatic rings. The molecule has 0 fully saturated rings. The number of nitrogens with two attached hydrogens (primary N) is 1. The molecule has 2 N–H and O–H groups in total. The lowest BCUT2D eigenvalue weighted by Gasteiger charge is -2.17. The summed E-state index contributed by atoms with van der Waals surface area (Å²) in [5.41, 5.74) is 9.97. The molecule has 114 valence electrons. The second-order valence-electron chi connectivity index (χ2n) is 5.41. The zero-order valence-electron chi connectivity index (χ0n) is 12.8. The molecule has 5 nitrogen and oxygen atoms in total. The van der Waals surface area contributed by atoms with Gasteiger partial charge in [-0.3, -0.25) is 4.57 Å². The van der Waals surface area contributed by atoms with E-state index in [1.165, 1.54) is 0 Å². The second-order valence-corrected chi connectivity index (χ2v) is 5.41. The van der Waals surface area contributed by atoms with E-state index in [1.54, 1.807) is 14.2 Å². The molecule has 1 aromatic heterocycles. The zero-order valence-corrected chi connectivity index (χ0v) is 12.8. The fourth-order valence-electron chi connectivity index (χ4n) is 3.16. The molecular weight excluding hydrogens is 278 g/mol. The highest BCUT2D eigenvalue weighted by Crippen LogP contribution is 2.36. The van der Waals surface area contributed by atoms with Crippen LogP contribution in [-0.2, 0) is 12.8 Å². The van der Waals surface area contributed by atoms with Crippen molar-refractivity contribution in [2.45, 2.75) is 25.7 Å². The van der Waals surface area contributed by atoms with Crippen molar-refractivity contribution < 1.29 is 9.47 Å². The van der Waals surface area contributed by atoms with Crippen molar-refractivity contribution in [1.82, 2.24) is 4.57 Å². The molecule has 3 rings (SSSR count). The van der Waals surface area contributed by atoms with Crippen LogP contribution in [0.2, 0.25) is 0 Å². The van der Waals surface area contributed by atoms with Gasteiger partial charge >= 0.3 is 0 Å². The first-order valence-electron chi connectivity index (χ1n) is 7.35. The van der Waals surface area contributed by atoms with E-state index in [0.717, 1.165) is 42.6 Å². The third-order valence-corrected chi connectivity index (χ3v) is 4.21. The Morgan fingerprint density at radius 3 is 2.32 bits per heavy atom. The minimum Gasteiger partial charge on any atom is -0.497 e. The largest absolute Gasteiger partial charge is 0.497 e. The Balaban J connectivity index is 2.25. The molecule has 22 heavy (non-hydrogen) atoms. The van der Waals surface area contributed by atoms with Crippen molar-refractivity contribution >= 4 is 5.82 Å². The molecule has 0 saturated carbocycles. The zero-order chi connectivity index (χ0) is 15.7. The van der Waals surface area contributed by atoms with E-state index in [2.05, 4.69) is 6.07 Å². The van der Waals surface area contributed by atoms with E-state index in [9.17, 15) is 5.26 Å². The third kappa shape index (κ3) is 2.17. The van der Waals surface area contributed by atoms with E-state index in [0.29, 0.717) is 22.9 Å². The lowest BCUT2D eigenvalue weighted by molar-refractivity contribution is 0.394. The molecular formula is C17H19N3O2. The average Bonchev–Trinajstić information content (AvgIpc) is 2.85. The summed E-state index contributed by atoms with van der Waals surface area (Å²) in [6.07, 6.45) is 4.06. The number of hydrogen-bond acceptors (Lipinski definition) is 4. The lowest BCUT2D eigenvalue weighted by Crippen LogP contribution is -2.08. The van der Waals surface area contributed by atoms with Crippen molar-refractivity contribution in [2.24, 2.45) is 0 Å². The highest BCUT2D eigenvalue weighted by molar-refractivity contribution is 5.64. The summed E-state index contributed by atoms with van der Waals surface area (Å²) in [5, 5.41) is 9.44. The van der Waals surface area contributed by atoms with Crippen molar-refractivity contribution in [3.63, 3.8) is 0 Å². The van der Waals surface area contributed by atoms with Crippen LogP contribution < -0.4 is 15.2 Å². The summed E-state index contributed by atoms with van der Waals surface area (Å²) in [5.74, 6) is 1.90. The van der Waals surface area contributed by atoms with Gasteiger partial charge in [0.2, 0.25) is 0 Å². The minimum absolute atomic E-state index is 0.504. The molecule has 5 heteroatoms. The summed E-state index contributed by atoms with van der Waals surface area (Å²) in [6, 6.07) is 7.91. The highest BCUT2D eigenvalue weighted by atomic mass is 16.5. The van der Waals surface area contributed by atoms with Crippen LogP contribution in [-0.4, -0.2) is 18.8 Å². The van der Waals surface area contributed by atoms with Gasteiger partial charge in [0.15, 0.2) is 0 Å². The Kier molecular flexibility index (Phi) is 3.68. The first-order chi connectivity index (χ1) is 10.7. The highest BCUT2D eigenvalue weighted by Gasteiger charge is 2.24. The van der Waals surface area contributed by atoms with Gasteiger partial charge in [0.05, 0.1) is 25.5 Å². The Labute approximate surface area is 129 Å². The standard InChI is InChI=1S/C17H19N3O2/c1-21-12-7-11(8-13(9-12)22-2)20-16-6-4-3-5-14(16)15(10-18)17(20)19/h7-9H,3-6,19H2,1-2H3. The SMILES string of the molecule is COc1cc(OC)cc(-n2c(N)c(C#N)c3c2CCCC3)c1. The number of methoxy groups -OCH3 is 2. The maximum Gasteiger partial charge on any atom is 0.126 e. The van der Waals surface area contributed by atoms with Gasteiger partial charge in [-0.1, -0.05) is 0 Å². The number of hydrogen-bond donors (Lipinski definition) is 1. The van der Waals surface area contributed by atoms with Crippen molar-refractivity contribution in [2.75, 3.05) is 20.0 Å². The quantitative estimate of drug-likeness (QED) is 0.945. The Hall–Kier alpha value is -2.61. The summed E-state index contributed by atoms with van der Waals surface area (Å²) >= 11 is 0. The molecule has 1 heterocycles. The summed E-state index contributed by atoms with van der Waals surface area (Å²) in [6.45, 7) is 0. The van der Waals surface area contributed by atoms with Gasteiger partial charge < -0.3 is 15.2 Å². The number of nitrogen functional groups attached to an aromatic ring is 1.